The van der Waals surface area contributed by atoms with Crippen molar-refractivity contribution >= 4 is 23.1 Å². The first kappa shape index (κ1) is 15.4. The smallest absolute Gasteiger partial charge is 0.308 e. The molecule has 1 aliphatic rings. The zero-order valence-corrected chi connectivity index (χ0v) is 11.8. The predicted molar refractivity (Wildman–Crippen MR) is 75.4 cm³/mol. The quantitative estimate of drug-likeness (QED) is 0.424. The van der Waals surface area contributed by atoms with Gasteiger partial charge >= 0.3 is 5.97 Å². The van der Waals surface area contributed by atoms with E-state index in [1.807, 2.05) is 0 Å². The van der Waals surface area contributed by atoms with Gasteiger partial charge < -0.3 is 25.8 Å². The Kier molecular flexibility index (Phi) is 3.55. The summed E-state index contributed by atoms with van der Waals surface area (Å²) < 4.78 is 6.87. The number of hydrogen-bond acceptors (Lipinski definition) is 8. The number of nitrogen functional groups attached to an aromatic ring is 1. The van der Waals surface area contributed by atoms with Crippen LogP contribution in [0, 0.1) is 0 Å². The third kappa shape index (κ3) is 2.44. The Balaban J connectivity index is 2.19. The number of fused-ring (bicyclic) bond motifs is 1. The molecule has 0 radical (unpaired) electrons. The lowest BCUT2D eigenvalue weighted by Gasteiger charge is -2.29. The van der Waals surface area contributed by atoms with Crippen molar-refractivity contribution in [1.82, 2.24) is 19.5 Å². The Morgan fingerprint density at radius 3 is 2.96 bits per heavy atom. The Bertz CT molecular complexity index is 816. The number of carboxylic acids is 1. The van der Waals surface area contributed by atoms with Crippen molar-refractivity contribution in [2.45, 2.75) is 30.8 Å². The molecule has 3 heterocycles. The first-order valence-corrected chi connectivity index (χ1v) is 6.78. The molecule has 2 aromatic heterocycles. The van der Waals surface area contributed by atoms with Gasteiger partial charge in [0, 0.05) is 6.42 Å². The summed E-state index contributed by atoms with van der Waals surface area (Å²) in [6.07, 6.45) is -1.44. The van der Waals surface area contributed by atoms with Crippen LogP contribution in [0.3, 0.4) is 0 Å². The fourth-order valence-electron chi connectivity index (χ4n) is 2.84. The zero-order chi connectivity index (χ0) is 16.8. The molecule has 0 aliphatic carbocycles. The van der Waals surface area contributed by atoms with E-state index in [9.17, 15) is 24.9 Å². The number of aromatic amines is 1. The second-order valence-corrected chi connectivity index (χ2v) is 5.37. The van der Waals surface area contributed by atoms with Gasteiger partial charge in [-0.3, -0.25) is 19.1 Å². The lowest BCUT2D eigenvalue weighted by molar-refractivity contribution is -0.157. The standard InChI is InChI=1S/C12H15N5O6/c13-11-15-9-8(10(22)16-11)14-4-17(9)12(2-7(20)21)1-5(19)6(3-18)23-12/h4-6,18-19H,1-3H2,(H,20,21)(H3,13,15,16,22)/t5-,6+,12-/m0/s1. The third-order valence-electron chi connectivity index (χ3n) is 3.80. The van der Waals surface area contributed by atoms with E-state index in [0.717, 1.165) is 0 Å². The van der Waals surface area contributed by atoms with E-state index in [2.05, 4.69) is 15.0 Å². The Hall–Kier alpha value is -2.50. The average molecular weight is 325 g/mol. The summed E-state index contributed by atoms with van der Waals surface area (Å²) in [4.78, 5) is 33.3. The van der Waals surface area contributed by atoms with E-state index in [1.165, 1.54) is 10.9 Å². The maximum absolute atomic E-state index is 11.8. The van der Waals surface area contributed by atoms with Crippen LogP contribution in [0.15, 0.2) is 11.1 Å². The molecule has 1 saturated heterocycles. The number of H-pyrrole nitrogens is 1. The Morgan fingerprint density at radius 1 is 1.61 bits per heavy atom. The highest BCUT2D eigenvalue weighted by Gasteiger charge is 2.49. The van der Waals surface area contributed by atoms with Crippen LogP contribution in [-0.4, -0.2) is 59.6 Å². The van der Waals surface area contributed by atoms with Crippen molar-refractivity contribution in [3.63, 3.8) is 0 Å². The van der Waals surface area contributed by atoms with Gasteiger partial charge in [0.2, 0.25) is 5.95 Å². The van der Waals surface area contributed by atoms with Crippen molar-refractivity contribution in [3.8, 4) is 0 Å². The van der Waals surface area contributed by atoms with E-state index in [1.54, 1.807) is 0 Å². The molecule has 11 nitrogen and oxygen atoms in total. The number of hydrogen-bond donors (Lipinski definition) is 5. The van der Waals surface area contributed by atoms with Crippen LogP contribution in [0.25, 0.3) is 11.2 Å². The zero-order valence-electron chi connectivity index (χ0n) is 11.8. The first-order valence-electron chi connectivity index (χ1n) is 6.78. The van der Waals surface area contributed by atoms with Gasteiger partial charge in [-0.2, -0.15) is 4.98 Å². The number of nitrogens with two attached hydrogens (primary N) is 1. The van der Waals surface area contributed by atoms with E-state index in [4.69, 9.17) is 10.5 Å². The van der Waals surface area contributed by atoms with Gasteiger partial charge in [-0.25, -0.2) is 4.98 Å². The summed E-state index contributed by atoms with van der Waals surface area (Å²) in [5.41, 5.74) is 3.43. The highest BCUT2D eigenvalue weighted by Crippen LogP contribution is 2.39. The van der Waals surface area contributed by atoms with Crippen LogP contribution in [0.2, 0.25) is 0 Å². The summed E-state index contributed by atoms with van der Waals surface area (Å²) in [5.74, 6) is -1.34. The number of imidazole rings is 1. The molecule has 3 atom stereocenters. The fourth-order valence-corrected chi connectivity index (χ4v) is 2.84. The van der Waals surface area contributed by atoms with Crippen LogP contribution in [0.4, 0.5) is 5.95 Å². The topological polar surface area (TPSA) is 177 Å². The molecule has 0 saturated carbocycles. The van der Waals surface area contributed by atoms with Crippen molar-refractivity contribution < 1.29 is 24.9 Å². The number of aliphatic hydroxyl groups excluding tert-OH is 2. The van der Waals surface area contributed by atoms with Crippen LogP contribution in [0.1, 0.15) is 12.8 Å². The van der Waals surface area contributed by atoms with Crippen LogP contribution < -0.4 is 11.3 Å². The monoisotopic (exact) mass is 325 g/mol. The van der Waals surface area contributed by atoms with E-state index in [0.29, 0.717) is 0 Å². The average Bonchev–Trinajstić information content (AvgIpc) is 3.00. The molecule has 124 valence electrons. The van der Waals surface area contributed by atoms with E-state index >= 15 is 0 Å². The fraction of sp³-hybridized carbons (Fsp3) is 0.500. The van der Waals surface area contributed by atoms with Crippen molar-refractivity contribution in [2.75, 3.05) is 12.3 Å². The first-order chi connectivity index (χ1) is 10.9. The second kappa shape index (κ2) is 5.30. The number of aliphatic hydroxyl groups is 2. The van der Waals surface area contributed by atoms with Gasteiger partial charge in [-0.05, 0) is 0 Å². The highest BCUT2D eigenvalue weighted by atomic mass is 16.6. The van der Waals surface area contributed by atoms with Crippen LogP contribution >= 0.6 is 0 Å². The minimum absolute atomic E-state index is 0.0329. The minimum atomic E-state index is -1.53. The van der Waals surface area contributed by atoms with E-state index < -0.39 is 42.5 Å². The van der Waals surface area contributed by atoms with Crippen molar-refractivity contribution in [1.29, 1.82) is 0 Å². The maximum Gasteiger partial charge on any atom is 0.308 e. The summed E-state index contributed by atoms with van der Waals surface area (Å²) in [5, 5.41) is 28.4. The SMILES string of the molecule is Nc1nc2c(ncn2[C@@]2(CC(=O)O)C[C@H](O)[C@@H](CO)O2)c(=O)[nH]1. The van der Waals surface area contributed by atoms with Gasteiger partial charge in [-0.15, -0.1) is 0 Å². The number of aromatic nitrogens is 4. The minimum Gasteiger partial charge on any atom is -0.481 e. The maximum atomic E-state index is 11.8. The molecule has 6 N–H and O–H groups in total. The van der Waals surface area contributed by atoms with Crippen molar-refractivity contribution in [3.05, 3.63) is 16.7 Å². The molecule has 23 heavy (non-hydrogen) atoms. The number of carboxylic acid groups (broad SMARTS) is 1. The molecule has 0 amide bonds. The van der Waals surface area contributed by atoms with Crippen LogP contribution in [-0.2, 0) is 15.3 Å². The molecule has 2 aromatic rings. The molecule has 0 aromatic carbocycles. The number of rotatable bonds is 4. The van der Waals surface area contributed by atoms with Gasteiger partial charge in [0.05, 0.1) is 25.5 Å². The number of aliphatic carboxylic acids is 1. The summed E-state index contributed by atoms with van der Waals surface area (Å²) in [6.45, 7) is -0.481. The largest absolute Gasteiger partial charge is 0.481 e. The van der Waals surface area contributed by atoms with Gasteiger partial charge in [0.25, 0.3) is 5.56 Å². The van der Waals surface area contributed by atoms with Crippen LogP contribution in [0.5, 0.6) is 0 Å². The molecule has 0 spiro atoms. The lowest BCUT2D eigenvalue weighted by atomic mass is 10.0. The summed E-state index contributed by atoms with van der Waals surface area (Å²) in [7, 11) is 0. The molecule has 3 rings (SSSR count). The Labute approximate surface area is 128 Å². The number of anilines is 1. The molecule has 11 heteroatoms. The van der Waals surface area contributed by atoms with Gasteiger partial charge in [0.1, 0.15) is 6.10 Å². The number of nitrogens with one attached hydrogen (secondary N) is 1. The number of ether oxygens (including phenoxy) is 1. The van der Waals surface area contributed by atoms with E-state index in [-0.39, 0.29) is 23.5 Å². The highest BCUT2D eigenvalue weighted by molar-refractivity contribution is 5.72. The lowest BCUT2D eigenvalue weighted by Crippen LogP contribution is -2.36. The molecular weight excluding hydrogens is 310 g/mol. The number of nitrogens with zero attached hydrogens (tertiary/aromatic N) is 3. The second-order valence-electron chi connectivity index (χ2n) is 5.37. The summed E-state index contributed by atoms with van der Waals surface area (Å²) in [6, 6.07) is 0. The number of carbonyl (C=O) groups is 1. The molecule has 1 aliphatic heterocycles. The molecule has 0 unspecified atom stereocenters. The summed E-state index contributed by atoms with van der Waals surface area (Å²) >= 11 is 0. The molecule has 1 fully saturated rings. The van der Waals surface area contributed by atoms with Gasteiger partial charge in [-0.1, -0.05) is 0 Å². The van der Waals surface area contributed by atoms with Crippen molar-refractivity contribution in [2.24, 2.45) is 0 Å². The van der Waals surface area contributed by atoms with Gasteiger partial charge in [0.15, 0.2) is 16.9 Å². The Morgan fingerprint density at radius 2 is 2.35 bits per heavy atom. The molecular formula is C12H15N5O6. The predicted octanol–water partition coefficient (Wildman–Crippen LogP) is -2.03. The molecule has 0 bridgehead atoms. The normalized spacial score (nSPS) is 27.6. The third-order valence-corrected chi connectivity index (χ3v) is 3.80.